The molecule has 0 saturated carbocycles. The predicted octanol–water partition coefficient (Wildman–Crippen LogP) is 1.57. The number of hydrogen-bond donors (Lipinski definition) is 2. The third-order valence-electron chi connectivity index (χ3n) is 1.55. The number of rotatable bonds is 5. The normalized spacial score (nSPS) is 10.0. The topological polar surface area (TPSA) is 47.3 Å². The molecule has 0 atom stereocenters. The van der Waals surface area contributed by atoms with E-state index in [0.29, 0.717) is 6.61 Å². The molecule has 0 aromatic heterocycles. The maximum atomic E-state index is 5.71. The highest BCUT2D eigenvalue weighted by Gasteiger charge is 1.92. The van der Waals surface area contributed by atoms with Crippen LogP contribution in [0.5, 0.6) is 5.75 Å². The molecule has 4 heteroatoms. The molecule has 0 radical (unpaired) electrons. The molecule has 13 heavy (non-hydrogen) atoms. The Kier molecular flexibility index (Phi) is 4.60. The lowest BCUT2D eigenvalue weighted by atomic mass is 10.3. The van der Waals surface area contributed by atoms with Crippen LogP contribution in [0.25, 0.3) is 0 Å². The summed E-state index contributed by atoms with van der Waals surface area (Å²) in [7, 11) is 0. The van der Waals surface area contributed by atoms with Crippen molar-refractivity contribution in [3.05, 3.63) is 29.3 Å². The lowest BCUT2D eigenvalue weighted by Gasteiger charge is -2.05. The summed E-state index contributed by atoms with van der Waals surface area (Å²) >= 11 is 5.71. The first-order valence-corrected chi connectivity index (χ1v) is 4.52. The van der Waals surface area contributed by atoms with Gasteiger partial charge >= 0.3 is 0 Å². The molecule has 3 nitrogen and oxygen atoms in total. The predicted molar refractivity (Wildman–Crippen MR) is 53.8 cm³/mol. The van der Waals surface area contributed by atoms with Crippen molar-refractivity contribution in [1.29, 1.82) is 0 Å². The van der Waals surface area contributed by atoms with E-state index < -0.39 is 0 Å². The summed E-state index contributed by atoms with van der Waals surface area (Å²) < 4.78 is 5.41. The number of halogens is 1. The summed E-state index contributed by atoms with van der Waals surface area (Å²) in [4.78, 5) is 0. The Morgan fingerprint density at radius 1 is 1.31 bits per heavy atom. The Morgan fingerprint density at radius 3 is 2.62 bits per heavy atom. The summed E-state index contributed by atoms with van der Waals surface area (Å²) in [5.74, 6) is 5.94. The molecule has 0 aliphatic rings. The van der Waals surface area contributed by atoms with Crippen LogP contribution < -0.4 is 16.0 Å². The van der Waals surface area contributed by atoms with Crippen LogP contribution in [0.2, 0.25) is 5.02 Å². The van der Waals surface area contributed by atoms with Crippen LogP contribution in [0.15, 0.2) is 24.3 Å². The molecule has 1 rings (SSSR count). The minimum Gasteiger partial charge on any atom is -0.494 e. The first-order chi connectivity index (χ1) is 6.33. The maximum absolute atomic E-state index is 5.71. The van der Waals surface area contributed by atoms with Crippen LogP contribution in [0.3, 0.4) is 0 Å². The Hall–Kier alpha value is -0.770. The second-order valence-corrected chi connectivity index (χ2v) is 3.05. The van der Waals surface area contributed by atoms with Gasteiger partial charge in [0.1, 0.15) is 5.75 Å². The Balaban J connectivity index is 2.25. The fourth-order valence-corrected chi connectivity index (χ4v) is 1.02. The van der Waals surface area contributed by atoms with E-state index in [1.54, 1.807) is 12.1 Å². The molecule has 0 heterocycles. The van der Waals surface area contributed by atoms with Crippen molar-refractivity contribution in [2.24, 2.45) is 5.84 Å². The standard InChI is InChI=1S/C9H13ClN2O/c10-8-2-4-9(5-3-8)13-7-1-6-12-11/h2-5,12H,1,6-7,11H2. The quantitative estimate of drug-likeness (QED) is 0.431. The van der Waals surface area contributed by atoms with E-state index in [4.69, 9.17) is 22.2 Å². The van der Waals surface area contributed by atoms with Gasteiger partial charge in [0.05, 0.1) is 6.61 Å². The fourth-order valence-electron chi connectivity index (χ4n) is 0.895. The highest BCUT2D eigenvalue weighted by molar-refractivity contribution is 6.30. The Labute approximate surface area is 82.8 Å². The van der Waals surface area contributed by atoms with Gasteiger partial charge in [-0.05, 0) is 30.7 Å². The van der Waals surface area contributed by atoms with Crippen LogP contribution in [0.1, 0.15) is 6.42 Å². The smallest absolute Gasteiger partial charge is 0.119 e. The van der Waals surface area contributed by atoms with Crippen molar-refractivity contribution in [1.82, 2.24) is 5.43 Å². The fraction of sp³-hybridized carbons (Fsp3) is 0.333. The van der Waals surface area contributed by atoms with E-state index in [2.05, 4.69) is 5.43 Å². The summed E-state index contributed by atoms with van der Waals surface area (Å²) in [6, 6.07) is 7.30. The summed E-state index contributed by atoms with van der Waals surface area (Å²) in [6.45, 7) is 1.42. The van der Waals surface area contributed by atoms with Crippen molar-refractivity contribution in [3.63, 3.8) is 0 Å². The van der Waals surface area contributed by atoms with Gasteiger partial charge in [0.25, 0.3) is 0 Å². The average Bonchev–Trinajstić information content (AvgIpc) is 2.15. The van der Waals surface area contributed by atoms with Gasteiger partial charge in [-0.2, -0.15) is 0 Å². The van der Waals surface area contributed by atoms with Crippen molar-refractivity contribution in [2.45, 2.75) is 6.42 Å². The van der Waals surface area contributed by atoms with E-state index in [1.807, 2.05) is 12.1 Å². The number of hydrogen-bond acceptors (Lipinski definition) is 3. The van der Waals surface area contributed by atoms with E-state index in [-0.39, 0.29) is 0 Å². The monoisotopic (exact) mass is 200 g/mol. The van der Waals surface area contributed by atoms with Gasteiger partial charge < -0.3 is 4.74 Å². The summed E-state index contributed by atoms with van der Waals surface area (Å²) in [5.41, 5.74) is 2.56. The lowest BCUT2D eigenvalue weighted by Crippen LogP contribution is -2.24. The molecule has 0 aliphatic heterocycles. The zero-order valence-corrected chi connectivity index (χ0v) is 8.05. The Bertz CT molecular complexity index is 238. The second kappa shape index (κ2) is 5.80. The van der Waals surface area contributed by atoms with Crippen molar-refractivity contribution in [2.75, 3.05) is 13.2 Å². The number of hydrazine groups is 1. The first kappa shape index (κ1) is 10.3. The van der Waals surface area contributed by atoms with E-state index >= 15 is 0 Å². The molecule has 0 fully saturated rings. The number of ether oxygens (including phenoxy) is 1. The highest BCUT2D eigenvalue weighted by Crippen LogP contribution is 2.15. The number of benzene rings is 1. The molecular weight excluding hydrogens is 188 g/mol. The molecule has 0 bridgehead atoms. The van der Waals surface area contributed by atoms with Gasteiger partial charge in [0, 0.05) is 11.6 Å². The zero-order valence-electron chi connectivity index (χ0n) is 7.29. The Morgan fingerprint density at radius 2 is 2.00 bits per heavy atom. The summed E-state index contributed by atoms with van der Waals surface area (Å²) in [5, 5.41) is 0.718. The second-order valence-electron chi connectivity index (χ2n) is 2.61. The molecular formula is C9H13ClN2O. The molecule has 0 aliphatic carbocycles. The van der Waals surface area contributed by atoms with Gasteiger partial charge in [0.15, 0.2) is 0 Å². The molecule has 3 N–H and O–H groups in total. The molecule has 0 saturated heterocycles. The molecule has 1 aromatic carbocycles. The highest BCUT2D eigenvalue weighted by atomic mass is 35.5. The SMILES string of the molecule is NNCCCOc1ccc(Cl)cc1. The van der Waals surface area contributed by atoms with Gasteiger partial charge in [0.2, 0.25) is 0 Å². The third-order valence-corrected chi connectivity index (χ3v) is 1.80. The first-order valence-electron chi connectivity index (χ1n) is 4.15. The van der Waals surface area contributed by atoms with Crippen LogP contribution in [0.4, 0.5) is 0 Å². The third kappa shape index (κ3) is 4.12. The zero-order chi connectivity index (χ0) is 9.52. The van der Waals surface area contributed by atoms with Crippen LogP contribution in [0, 0.1) is 0 Å². The van der Waals surface area contributed by atoms with E-state index in [1.165, 1.54) is 0 Å². The minimum atomic E-state index is 0.659. The van der Waals surface area contributed by atoms with Crippen molar-refractivity contribution < 1.29 is 4.74 Å². The van der Waals surface area contributed by atoms with Crippen LogP contribution in [-0.2, 0) is 0 Å². The lowest BCUT2D eigenvalue weighted by molar-refractivity contribution is 0.308. The van der Waals surface area contributed by atoms with Crippen LogP contribution >= 0.6 is 11.6 Å². The molecule has 0 unspecified atom stereocenters. The number of nitrogens with two attached hydrogens (primary N) is 1. The molecule has 1 aromatic rings. The average molecular weight is 201 g/mol. The van der Waals surface area contributed by atoms with E-state index in [9.17, 15) is 0 Å². The maximum Gasteiger partial charge on any atom is 0.119 e. The molecule has 0 spiro atoms. The van der Waals surface area contributed by atoms with Gasteiger partial charge in [-0.15, -0.1) is 0 Å². The van der Waals surface area contributed by atoms with Gasteiger partial charge in [-0.25, -0.2) is 0 Å². The largest absolute Gasteiger partial charge is 0.494 e. The van der Waals surface area contributed by atoms with E-state index in [0.717, 1.165) is 23.7 Å². The minimum absolute atomic E-state index is 0.659. The molecule has 72 valence electrons. The van der Waals surface area contributed by atoms with Gasteiger partial charge in [-0.3, -0.25) is 11.3 Å². The number of nitrogens with one attached hydrogen (secondary N) is 1. The van der Waals surface area contributed by atoms with Gasteiger partial charge in [-0.1, -0.05) is 11.6 Å². The van der Waals surface area contributed by atoms with Crippen molar-refractivity contribution in [3.8, 4) is 5.75 Å². The van der Waals surface area contributed by atoms with Crippen molar-refractivity contribution >= 4 is 11.6 Å². The summed E-state index contributed by atoms with van der Waals surface area (Å²) in [6.07, 6.45) is 0.888. The van der Waals surface area contributed by atoms with Crippen LogP contribution in [-0.4, -0.2) is 13.2 Å². The molecule has 0 amide bonds.